The lowest BCUT2D eigenvalue weighted by molar-refractivity contribution is -0.265. The summed E-state index contributed by atoms with van der Waals surface area (Å²) in [6, 6.07) is -1.15. The van der Waals surface area contributed by atoms with Crippen molar-refractivity contribution in [1.82, 2.24) is 4.90 Å². The maximum absolute atomic E-state index is 14.4. The van der Waals surface area contributed by atoms with Crippen LogP contribution in [0.15, 0.2) is 47.6 Å². The van der Waals surface area contributed by atoms with E-state index in [0.717, 1.165) is 5.57 Å². The van der Waals surface area contributed by atoms with Crippen LogP contribution >= 0.6 is 22.6 Å². The van der Waals surface area contributed by atoms with E-state index >= 15 is 0 Å². The van der Waals surface area contributed by atoms with Gasteiger partial charge in [-0.3, -0.25) is 19.2 Å². The number of ether oxygens (including phenoxy) is 5. The summed E-state index contributed by atoms with van der Waals surface area (Å²) in [5.74, 6) is -7.80. The molecule has 4 rings (SSSR count). The number of methoxy groups -OCH3 is 3. The number of hydrogen-bond acceptors (Lipinski definition) is 13. The Morgan fingerprint density at radius 3 is 2.27 bits per heavy atom. The smallest absolute Gasteiger partial charge is 0.329 e. The molecule has 2 bridgehead atoms. The molecule has 0 aromatic rings. The molecule has 1 amide bonds. The molecule has 2 unspecified atom stereocenters. The number of aliphatic hydroxyl groups excluding tert-OH is 2. The van der Waals surface area contributed by atoms with Gasteiger partial charge in [0.2, 0.25) is 5.79 Å². The zero-order valence-corrected chi connectivity index (χ0v) is 43.1. The van der Waals surface area contributed by atoms with Crippen molar-refractivity contribution in [2.45, 2.75) is 184 Å². The minimum Gasteiger partial charge on any atom is -0.459 e. The van der Waals surface area contributed by atoms with Crippen molar-refractivity contribution in [3.8, 4) is 0 Å². The fourth-order valence-electron chi connectivity index (χ4n) is 10.1. The number of hydrogen-bond donors (Lipinski definition) is 3. The van der Waals surface area contributed by atoms with E-state index in [4.69, 9.17) is 23.7 Å². The highest BCUT2D eigenvalue weighted by Gasteiger charge is 2.53. The quantitative estimate of drug-likeness (QED) is 0.0834. The van der Waals surface area contributed by atoms with Crippen LogP contribution in [0.5, 0.6) is 0 Å². The molecule has 2 saturated heterocycles. The summed E-state index contributed by atoms with van der Waals surface area (Å²) in [5, 5.41) is 34.0. The molecule has 14 nitrogen and oxygen atoms in total. The van der Waals surface area contributed by atoms with Gasteiger partial charge < -0.3 is 43.9 Å². The van der Waals surface area contributed by atoms with E-state index < -0.39 is 87.8 Å². The molecular weight excluding hydrogens is 961 g/mol. The Hall–Kier alpha value is -2.64. The van der Waals surface area contributed by atoms with Crippen LogP contribution in [0, 0.1) is 29.1 Å². The fourth-order valence-corrected chi connectivity index (χ4v) is 11.6. The number of nitrogens with zero attached hydrogens (tertiary/aromatic N) is 1. The molecule has 0 aromatic heterocycles. The average Bonchev–Trinajstić information content (AvgIpc) is 3.28. The van der Waals surface area contributed by atoms with E-state index in [1.807, 2.05) is 51.2 Å². The predicted molar refractivity (Wildman–Crippen MR) is 258 cm³/mol. The first-order valence-corrected chi connectivity index (χ1v) is 25.1. The van der Waals surface area contributed by atoms with Crippen LogP contribution in [0.25, 0.3) is 0 Å². The van der Waals surface area contributed by atoms with E-state index in [9.17, 15) is 39.3 Å². The van der Waals surface area contributed by atoms with Gasteiger partial charge in [-0.2, -0.15) is 0 Å². The number of carbonyl (C=O) groups is 5. The number of halogens is 1. The summed E-state index contributed by atoms with van der Waals surface area (Å²) < 4.78 is 29.1. The molecule has 4 aliphatic rings. The maximum atomic E-state index is 14.4. The highest BCUT2D eigenvalue weighted by Crippen LogP contribution is 2.44. The van der Waals surface area contributed by atoms with Gasteiger partial charge in [-0.05, 0) is 101 Å². The van der Waals surface area contributed by atoms with Crippen LogP contribution in [0.3, 0.4) is 0 Å². The summed E-state index contributed by atoms with van der Waals surface area (Å²) >= 11 is 2.22. The first-order chi connectivity index (χ1) is 31.1. The van der Waals surface area contributed by atoms with Crippen LogP contribution in [0.4, 0.5) is 0 Å². The second-order valence-corrected chi connectivity index (χ2v) is 21.6. The Labute approximate surface area is 406 Å². The molecule has 1 saturated carbocycles. The highest BCUT2D eigenvalue weighted by atomic mass is 127. The van der Waals surface area contributed by atoms with Crippen LogP contribution in [0.2, 0.25) is 0 Å². The fraction of sp³-hybridized carbons (Fsp3) is 0.745. The van der Waals surface area contributed by atoms with Crippen LogP contribution in [-0.2, 0) is 47.7 Å². The monoisotopic (exact) mass is 1040 g/mol. The molecule has 372 valence electrons. The number of rotatable bonds is 6. The minimum atomic E-state index is -2.43. The number of allylic oxidation sites excluding steroid dienone is 6. The number of alkyl halides is 1. The van der Waals surface area contributed by atoms with Gasteiger partial charge >= 0.3 is 5.97 Å². The van der Waals surface area contributed by atoms with E-state index in [1.165, 1.54) is 12.0 Å². The topological polar surface area (TPSA) is 195 Å². The first kappa shape index (κ1) is 56.0. The van der Waals surface area contributed by atoms with Crippen molar-refractivity contribution in [3.63, 3.8) is 0 Å². The Kier molecular flexibility index (Phi) is 21.4. The molecular formula is C51H78INO13. The summed E-state index contributed by atoms with van der Waals surface area (Å²) in [7, 11) is 4.52. The van der Waals surface area contributed by atoms with E-state index in [2.05, 4.69) is 29.5 Å². The molecule has 3 heterocycles. The summed E-state index contributed by atoms with van der Waals surface area (Å²) in [6.45, 7) is 12.9. The third-order valence-electron chi connectivity index (χ3n) is 14.5. The third-order valence-corrected chi connectivity index (χ3v) is 15.8. The van der Waals surface area contributed by atoms with E-state index in [1.54, 1.807) is 41.1 Å². The highest BCUT2D eigenvalue weighted by molar-refractivity contribution is 14.1. The van der Waals surface area contributed by atoms with Gasteiger partial charge in [-0.1, -0.05) is 93.7 Å². The van der Waals surface area contributed by atoms with Crippen molar-refractivity contribution in [2.75, 3.05) is 27.9 Å². The SMILES string of the molecule is CO[C@H]1C[C@@H]2CC[C@@H](C)[C@@](O)(O2)C(=O)C(=O)N2CCCC[C@H]2C(=O)O[C@H](C(I)CC2(C)CC[C@@H](O)[C@H](OC)C2)CC(=O)[C@H](C)/C=C(\C)[C@@H](O)[C@@H](OC)C(=O)[C@H](C)C[C@H](C)/C=C/C=CC=C1C. The van der Waals surface area contributed by atoms with Gasteiger partial charge in [0.05, 0.1) is 24.4 Å². The van der Waals surface area contributed by atoms with Crippen molar-refractivity contribution in [1.29, 1.82) is 0 Å². The zero-order valence-electron chi connectivity index (χ0n) is 40.9. The number of esters is 1. The van der Waals surface area contributed by atoms with Crippen molar-refractivity contribution < 1.29 is 63.0 Å². The van der Waals surface area contributed by atoms with Crippen LogP contribution < -0.4 is 0 Å². The van der Waals surface area contributed by atoms with Gasteiger partial charge in [-0.25, -0.2) is 4.79 Å². The molecule has 15 atom stereocenters. The number of piperidine rings is 1. The lowest BCUT2D eigenvalue weighted by Gasteiger charge is -2.43. The number of fused-ring (bicyclic) bond motifs is 3. The van der Waals surface area contributed by atoms with Gasteiger partial charge in [0.15, 0.2) is 5.78 Å². The van der Waals surface area contributed by atoms with Crippen molar-refractivity contribution in [3.05, 3.63) is 47.6 Å². The number of amides is 1. The molecule has 3 aliphatic heterocycles. The Morgan fingerprint density at radius 1 is 0.894 bits per heavy atom. The summed E-state index contributed by atoms with van der Waals surface area (Å²) in [4.78, 5) is 72.0. The molecule has 0 spiro atoms. The largest absolute Gasteiger partial charge is 0.459 e. The normalized spacial score (nSPS) is 39.8. The molecule has 3 N–H and O–H groups in total. The second-order valence-electron chi connectivity index (χ2n) is 20.0. The molecule has 0 aromatic carbocycles. The molecule has 15 heteroatoms. The number of ketones is 3. The van der Waals surface area contributed by atoms with Gasteiger partial charge in [0, 0.05) is 62.4 Å². The van der Waals surface area contributed by atoms with Gasteiger partial charge in [-0.15, -0.1) is 0 Å². The number of Topliss-reactive ketones (excluding diaryl/α,β-unsaturated/α-hetero) is 3. The molecule has 0 radical (unpaired) electrons. The standard InChI is InChI=1S/C51H78INO13/c1-30-16-12-11-13-17-31(2)41(62-8)26-36-20-19-35(6)51(61,66-36)47(58)48(59)53-23-15-14-18-38(53)49(60)65-42(37(52)28-50(7)22-21-39(54)43(29-50)63-9)27-40(55)32(3)25-34(5)45(57)46(64-10)44(56)33(4)24-30/h11-13,16-17,25,30,32-33,35-39,41-43,45-46,54,57,61H,14-15,18-24,26-29H2,1-10H3/b13-11?,16-12+,31-17?,34-25+/t30-,32-,33-,35-,36+,37?,38+,39-,41+,42+,43-,45-,46+,50?,51-/m1/s1. The van der Waals surface area contributed by atoms with Crippen LogP contribution in [0.1, 0.15) is 126 Å². The number of cyclic esters (lactones) is 1. The van der Waals surface area contributed by atoms with Crippen molar-refractivity contribution in [2.24, 2.45) is 29.1 Å². The predicted octanol–water partition coefficient (Wildman–Crippen LogP) is 6.74. The maximum Gasteiger partial charge on any atom is 0.329 e. The lowest BCUT2D eigenvalue weighted by atomic mass is 9.70. The molecule has 1 aliphatic carbocycles. The zero-order chi connectivity index (χ0) is 49.1. The summed E-state index contributed by atoms with van der Waals surface area (Å²) in [5.41, 5.74) is 0.935. The second kappa shape index (κ2) is 25.3. The van der Waals surface area contributed by atoms with Crippen molar-refractivity contribution >= 4 is 51.8 Å². The van der Waals surface area contributed by atoms with Gasteiger partial charge in [0.1, 0.15) is 30.1 Å². The van der Waals surface area contributed by atoms with Crippen LogP contribution in [-0.4, -0.2) is 136 Å². The third kappa shape index (κ3) is 14.5. The van der Waals surface area contributed by atoms with E-state index in [0.29, 0.717) is 69.8 Å². The Balaban J connectivity index is 1.72. The molecule has 3 fully saturated rings. The number of carbonyl (C=O) groups excluding carboxylic acids is 5. The Morgan fingerprint density at radius 2 is 1.61 bits per heavy atom. The molecule has 66 heavy (non-hydrogen) atoms. The number of aliphatic hydroxyl groups is 3. The van der Waals surface area contributed by atoms with E-state index in [-0.39, 0.29) is 48.4 Å². The minimum absolute atomic E-state index is 0.0165. The van der Waals surface area contributed by atoms with Gasteiger partial charge in [0.25, 0.3) is 11.7 Å². The lowest BCUT2D eigenvalue weighted by Crippen LogP contribution is -2.61. The Bertz CT molecular complexity index is 1810. The average molecular weight is 1040 g/mol. The first-order valence-electron chi connectivity index (χ1n) is 23.9. The summed E-state index contributed by atoms with van der Waals surface area (Å²) in [6.07, 6.45) is 10.9.